The van der Waals surface area contributed by atoms with Crippen molar-refractivity contribution in [3.63, 3.8) is 0 Å². The Bertz CT molecular complexity index is 422. The van der Waals surface area contributed by atoms with E-state index in [9.17, 15) is 9.18 Å². The predicted molar refractivity (Wildman–Crippen MR) is 70.1 cm³/mol. The van der Waals surface area contributed by atoms with Crippen molar-refractivity contribution in [2.24, 2.45) is 0 Å². The van der Waals surface area contributed by atoms with Crippen LogP contribution in [0.3, 0.4) is 0 Å². The zero-order chi connectivity index (χ0) is 13.0. The maximum atomic E-state index is 13.0. The van der Waals surface area contributed by atoms with Crippen LogP contribution in [-0.2, 0) is 0 Å². The summed E-state index contributed by atoms with van der Waals surface area (Å²) in [4.78, 5) is 14.0. The van der Waals surface area contributed by atoms with Crippen LogP contribution in [0.2, 0.25) is 0 Å². The van der Waals surface area contributed by atoms with Gasteiger partial charge in [-0.2, -0.15) is 0 Å². The molecule has 1 N–H and O–H groups in total. The number of nitrogens with one attached hydrogen (secondary N) is 1. The minimum absolute atomic E-state index is 0.118. The Kier molecular flexibility index (Phi) is 4.18. The highest BCUT2D eigenvalue weighted by Gasteiger charge is 2.25. The van der Waals surface area contributed by atoms with E-state index in [0.29, 0.717) is 11.7 Å². The van der Waals surface area contributed by atoms with Crippen LogP contribution in [-0.4, -0.2) is 23.5 Å². The van der Waals surface area contributed by atoms with Gasteiger partial charge in [0.05, 0.1) is 0 Å². The number of rotatable bonds is 2. The van der Waals surface area contributed by atoms with Crippen LogP contribution in [0.5, 0.6) is 0 Å². The number of piperidine rings is 1. The first kappa shape index (κ1) is 12.9. The van der Waals surface area contributed by atoms with Gasteiger partial charge >= 0.3 is 6.03 Å². The number of hydrogen-bond acceptors (Lipinski definition) is 1. The fourth-order valence-electron chi connectivity index (χ4n) is 2.45. The summed E-state index contributed by atoms with van der Waals surface area (Å²) in [6.45, 7) is 2.89. The Hall–Kier alpha value is -1.58. The number of carbonyl (C=O) groups excluding carboxylic acids is 1. The van der Waals surface area contributed by atoms with Crippen molar-refractivity contribution < 1.29 is 9.18 Å². The van der Waals surface area contributed by atoms with E-state index in [1.54, 1.807) is 12.1 Å². The maximum absolute atomic E-state index is 13.0. The molecule has 0 unspecified atom stereocenters. The van der Waals surface area contributed by atoms with Gasteiger partial charge in [0, 0.05) is 18.3 Å². The number of amides is 2. The zero-order valence-electron chi connectivity index (χ0n) is 10.7. The van der Waals surface area contributed by atoms with E-state index in [4.69, 9.17) is 0 Å². The molecular formula is C14H19FN2O. The number of likely N-dealkylation sites (tertiary alicyclic amines) is 1. The second kappa shape index (κ2) is 5.85. The van der Waals surface area contributed by atoms with Crippen LogP contribution in [0.25, 0.3) is 0 Å². The first-order valence-corrected chi connectivity index (χ1v) is 6.54. The monoisotopic (exact) mass is 250 g/mol. The average Bonchev–Trinajstić information content (AvgIpc) is 2.38. The number of anilines is 1. The van der Waals surface area contributed by atoms with Gasteiger partial charge in [-0.1, -0.05) is 13.0 Å². The predicted octanol–water partition coefficient (Wildman–Crippen LogP) is 3.62. The third kappa shape index (κ3) is 3.00. The molecule has 0 saturated carbocycles. The number of nitrogens with zero attached hydrogens (tertiary/aromatic N) is 1. The molecule has 0 spiro atoms. The van der Waals surface area contributed by atoms with Gasteiger partial charge in [0.15, 0.2) is 0 Å². The summed E-state index contributed by atoms with van der Waals surface area (Å²) in [5.41, 5.74) is 0.514. The summed E-state index contributed by atoms with van der Waals surface area (Å²) >= 11 is 0. The first-order chi connectivity index (χ1) is 8.70. The largest absolute Gasteiger partial charge is 0.322 e. The van der Waals surface area contributed by atoms with Crippen molar-refractivity contribution >= 4 is 11.7 Å². The van der Waals surface area contributed by atoms with Crippen LogP contribution in [0.4, 0.5) is 14.9 Å². The molecule has 1 atom stereocenters. The van der Waals surface area contributed by atoms with Crippen molar-refractivity contribution in [3.05, 3.63) is 30.1 Å². The Balaban J connectivity index is 2.02. The molecule has 4 heteroatoms. The normalized spacial score (nSPS) is 19.7. The second-order valence-corrected chi connectivity index (χ2v) is 4.69. The third-order valence-electron chi connectivity index (χ3n) is 3.44. The fourth-order valence-corrected chi connectivity index (χ4v) is 2.45. The van der Waals surface area contributed by atoms with Crippen molar-refractivity contribution in [1.29, 1.82) is 0 Å². The van der Waals surface area contributed by atoms with Gasteiger partial charge in [0.25, 0.3) is 0 Å². The van der Waals surface area contributed by atoms with Gasteiger partial charge in [0.2, 0.25) is 0 Å². The van der Waals surface area contributed by atoms with E-state index in [1.807, 2.05) is 4.90 Å². The molecule has 1 aromatic carbocycles. The van der Waals surface area contributed by atoms with E-state index in [0.717, 1.165) is 25.8 Å². The van der Waals surface area contributed by atoms with Crippen molar-refractivity contribution in [3.8, 4) is 0 Å². The van der Waals surface area contributed by atoms with E-state index < -0.39 is 0 Å². The minimum atomic E-state index is -0.335. The molecule has 1 aromatic rings. The van der Waals surface area contributed by atoms with Gasteiger partial charge in [-0.3, -0.25) is 0 Å². The number of urea groups is 1. The third-order valence-corrected chi connectivity index (χ3v) is 3.44. The number of hydrogen-bond donors (Lipinski definition) is 1. The first-order valence-electron chi connectivity index (χ1n) is 6.54. The molecule has 18 heavy (non-hydrogen) atoms. The molecule has 0 radical (unpaired) electrons. The van der Waals surface area contributed by atoms with E-state index >= 15 is 0 Å². The molecule has 1 saturated heterocycles. The molecule has 1 aliphatic rings. The van der Waals surface area contributed by atoms with Crippen molar-refractivity contribution in [2.75, 3.05) is 11.9 Å². The lowest BCUT2D eigenvalue weighted by atomic mass is 10.0. The van der Waals surface area contributed by atoms with E-state index in [2.05, 4.69) is 12.2 Å². The van der Waals surface area contributed by atoms with Crippen LogP contribution in [0, 0.1) is 5.82 Å². The summed E-state index contributed by atoms with van der Waals surface area (Å²) in [6.07, 6.45) is 4.26. The maximum Gasteiger partial charge on any atom is 0.322 e. The summed E-state index contributed by atoms with van der Waals surface area (Å²) in [5.74, 6) is -0.335. The van der Waals surface area contributed by atoms with Gasteiger partial charge < -0.3 is 10.2 Å². The fraction of sp³-hybridized carbons (Fsp3) is 0.500. The summed E-state index contributed by atoms with van der Waals surface area (Å²) < 4.78 is 13.0. The zero-order valence-corrected chi connectivity index (χ0v) is 10.7. The number of carbonyl (C=O) groups is 1. The highest BCUT2D eigenvalue weighted by Crippen LogP contribution is 2.20. The molecule has 3 nitrogen and oxygen atoms in total. The number of halogens is 1. The average molecular weight is 250 g/mol. The van der Waals surface area contributed by atoms with E-state index in [1.165, 1.54) is 18.6 Å². The molecule has 98 valence electrons. The summed E-state index contributed by atoms with van der Waals surface area (Å²) in [6, 6.07) is 6.19. The lowest BCUT2D eigenvalue weighted by Crippen LogP contribution is -2.45. The Morgan fingerprint density at radius 2 is 2.33 bits per heavy atom. The smallest absolute Gasteiger partial charge is 0.322 e. The SMILES string of the molecule is CC[C@@H]1CCCCN1C(=O)Nc1cccc(F)c1. The number of benzene rings is 1. The van der Waals surface area contributed by atoms with Gasteiger partial charge in [0.1, 0.15) is 5.82 Å². The molecule has 1 heterocycles. The molecule has 1 fully saturated rings. The Labute approximate surface area is 107 Å². The molecule has 0 bridgehead atoms. The highest BCUT2D eigenvalue weighted by atomic mass is 19.1. The lowest BCUT2D eigenvalue weighted by molar-refractivity contribution is 0.160. The molecular weight excluding hydrogens is 231 g/mol. The minimum Gasteiger partial charge on any atom is -0.322 e. The molecule has 2 amide bonds. The Morgan fingerprint density at radius 3 is 3.06 bits per heavy atom. The summed E-state index contributed by atoms with van der Waals surface area (Å²) in [5, 5.41) is 2.76. The van der Waals surface area contributed by atoms with Gasteiger partial charge in [-0.15, -0.1) is 0 Å². The second-order valence-electron chi connectivity index (χ2n) is 4.69. The standard InChI is InChI=1S/C14H19FN2O/c1-2-13-8-3-4-9-17(13)14(18)16-12-7-5-6-11(15)10-12/h5-7,10,13H,2-4,8-9H2,1H3,(H,16,18)/t13-/m1/s1. The van der Waals surface area contributed by atoms with Crippen molar-refractivity contribution in [2.45, 2.75) is 38.6 Å². The Morgan fingerprint density at radius 1 is 1.50 bits per heavy atom. The molecule has 0 aliphatic carbocycles. The molecule has 0 aromatic heterocycles. The molecule has 2 rings (SSSR count). The van der Waals surface area contributed by atoms with Crippen LogP contribution in [0.1, 0.15) is 32.6 Å². The highest BCUT2D eigenvalue weighted by molar-refractivity contribution is 5.89. The van der Waals surface area contributed by atoms with Crippen LogP contribution >= 0.6 is 0 Å². The van der Waals surface area contributed by atoms with Crippen LogP contribution < -0.4 is 5.32 Å². The van der Waals surface area contributed by atoms with E-state index in [-0.39, 0.29) is 11.8 Å². The van der Waals surface area contributed by atoms with Crippen LogP contribution in [0.15, 0.2) is 24.3 Å². The lowest BCUT2D eigenvalue weighted by Gasteiger charge is -2.35. The molecule has 1 aliphatic heterocycles. The quantitative estimate of drug-likeness (QED) is 0.854. The summed E-state index contributed by atoms with van der Waals surface area (Å²) in [7, 11) is 0. The van der Waals surface area contributed by atoms with Gasteiger partial charge in [-0.05, 0) is 43.9 Å². The topological polar surface area (TPSA) is 32.3 Å². The van der Waals surface area contributed by atoms with Crippen molar-refractivity contribution in [1.82, 2.24) is 4.90 Å². The van der Waals surface area contributed by atoms with Gasteiger partial charge in [-0.25, -0.2) is 9.18 Å².